The molecule has 10 nitrogen and oxygen atoms in total. The van der Waals surface area contributed by atoms with Crippen LogP contribution in [-0.4, -0.2) is 55.4 Å². The van der Waals surface area contributed by atoms with Crippen molar-refractivity contribution in [1.29, 1.82) is 0 Å². The number of ether oxygens (including phenoxy) is 1. The number of carbonyl (C=O) groups excluding carboxylic acids is 1. The Balaban J connectivity index is 1.46. The first-order valence-corrected chi connectivity index (χ1v) is 13.0. The Morgan fingerprint density at radius 1 is 1.07 bits per heavy atom. The number of hydrogen-bond acceptors (Lipinski definition) is 6. The van der Waals surface area contributed by atoms with Crippen molar-refractivity contribution in [3.8, 4) is 11.4 Å². The SMILES string of the molecule is COc1cc2nc([C@@H](CNC(=O)c3c(Cl)cc(-n4cnc(C)n4)cc3Cl)c3ccc(C(=O)O)cc3)[nH]c2cc1Cl. The first-order chi connectivity index (χ1) is 19.1. The first kappa shape index (κ1) is 27.4. The number of H-pyrrole nitrogens is 1. The van der Waals surface area contributed by atoms with Gasteiger partial charge in [-0.3, -0.25) is 4.79 Å². The van der Waals surface area contributed by atoms with Gasteiger partial charge in [-0.2, -0.15) is 5.10 Å². The fourth-order valence-electron chi connectivity index (χ4n) is 4.25. The van der Waals surface area contributed by atoms with Crippen molar-refractivity contribution in [2.45, 2.75) is 12.8 Å². The third kappa shape index (κ3) is 5.46. The number of methoxy groups -OCH3 is 1. The molecule has 0 aliphatic rings. The number of carboxylic acids is 1. The number of carbonyl (C=O) groups is 2. The van der Waals surface area contributed by atoms with Crippen LogP contribution in [0, 0.1) is 6.92 Å². The van der Waals surface area contributed by atoms with Crippen LogP contribution >= 0.6 is 34.8 Å². The lowest BCUT2D eigenvalue weighted by molar-refractivity contribution is 0.0696. The molecule has 0 saturated heterocycles. The molecule has 40 heavy (non-hydrogen) atoms. The van der Waals surface area contributed by atoms with E-state index >= 15 is 0 Å². The van der Waals surface area contributed by atoms with Crippen molar-refractivity contribution in [2.24, 2.45) is 0 Å². The Kier molecular flexibility index (Phi) is 7.66. The molecular formula is C27H21Cl3N6O4. The molecule has 0 radical (unpaired) electrons. The number of aromatic carboxylic acids is 1. The zero-order valence-electron chi connectivity index (χ0n) is 21.1. The van der Waals surface area contributed by atoms with E-state index in [1.54, 1.807) is 43.3 Å². The maximum Gasteiger partial charge on any atom is 0.335 e. The number of rotatable bonds is 8. The number of nitrogens with zero attached hydrogens (tertiary/aromatic N) is 4. The standard InChI is InChI=1S/C27H21Cl3N6O4/c1-13-32-12-36(35-13)16-7-19(29)24(20(30)8-16)26(37)31-11-17(14-3-5-15(6-4-14)27(38)39)25-33-21-9-18(28)23(40-2)10-22(21)34-25/h3-10,12,17H,11H2,1-2H3,(H,31,37)(H,33,34)(H,38,39)/t17-/m0/s1. The van der Waals surface area contributed by atoms with E-state index < -0.39 is 17.8 Å². The number of nitrogens with one attached hydrogen (secondary N) is 2. The molecule has 0 bridgehead atoms. The van der Waals surface area contributed by atoms with Gasteiger partial charge in [0.1, 0.15) is 23.7 Å². The van der Waals surface area contributed by atoms with Crippen molar-refractivity contribution in [2.75, 3.05) is 13.7 Å². The number of benzene rings is 3. The first-order valence-electron chi connectivity index (χ1n) is 11.9. The monoisotopic (exact) mass is 598 g/mol. The van der Waals surface area contributed by atoms with Gasteiger partial charge in [-0.25, -0.2) is 19.4 Å². The maximum absolute atomic E-state index is 13.3. The summed E-state index contributed by atoms with van der Waals surface area (Å²) in [6, 6.07) is 12.9. The molecule has 0 spiro atoms. The quantitative estimate of drug-likeness (QED) is 0.209. The lowest BCUT2D eigenvalue weighted by atomic mass is 9.97. The Morgan fingerprint density at radius 2 is 1.77 bits per heavy atom. The molecule has 2 heterocycles. The van der Waals surface area contributed by atoms with Crippen molar-refractivity contribution in [3.63, 3.8) is 0 Å². The zero-order valence-corrected chi connectivity index (χ0v) is 23.3. The Hall–Kier alpha value is -4.12. The predicted octanol–water partition coefficient (Wildman–Crippen LogP) is 5.68. The summed E-state index contributed by atoms with van der Waals surface area (Å²) in [5.74, 6) is -0.463. The van der Waals surface area contributed by atoms with E-state index in [2.05, 4.69) is 20.4 Å². The summed E-state index contributed by atoms with van der Waals surface area (Å²) in [5, 5.41) is 17.1. The van der Waals surface area contributed by atoms with Crippen molar-refractivity contribution in [1.82, 2.24) is 30.0 Å². The van der Waals surface area contributed by atoms with E-state index in [-0.39, 0.29) is 27.7 Å². The molecule has 5 rings (SSSR count). The lowest BCUT2D eigenvalue weighted by Crippen LogP contribution is -2.30. The average molecular weight is 600 g/mol. The summed E-state index contributed by atoms with van der Waals surface area (Å²) >= 11 is 19.2. The Bertz CT molecular complexity index is 1730. The number of hydrogen-bond donors (Lipinski definition) is 3. The van der Waals surface area contributed by atoms with Crippen LogP contribution in [0.5, 0.6) is 5.75 Å². The molecule has 1 amide bonds. The van der Waals surface area contributed by atoms with Gasteiger partial charge in [-0.05, 0) is 42.8 Å². The molecule has 3 aromatic carbocycles. The van der Waals surface area contributed by atoms with Gasteiger partial charge in [0.15, 0.2) is 0 Å². The molecule has 5 aromatic rings. The normalized spacial score (nSPS) is 11.9. The number of aromatic nitrogens is 5. The number of halogens is 3. The van der Waals surface area contributed by atoms with Gasteiger partial charge in [-0.1, -0.05) is 46.9 Å². The summed E-state index contributed by atoms with van der Waals surface area (Å²) in [5.41, 5.74) is 2.79. The highest BCUT2D eigenvalue weighted by molar-refractivity contribution is 6.40. The van der Waals surface area contributed by atoms with E-state index in [0.717, 1.165) is 5.56 Å². The molecule has 0 aliphatic heterocycles. The maximum atomic E-state index is 13.3. The fourth-order valence-corrected chi connectivity index (χ4v) is 5.13. The summed E-state index contributed by atoms with van der Waals surface area (Å²) in [6.45, 7) is 1.84. The molecule has 0 aliphatic carbocycles. The number of aryl methyl sites for hydroxylation is 1. The highest BCUT2D eigenvalue weighted by Crippen LogP contribution is 2.32. The summed E-state index contributed by atoms with van der Waals surface area (Å²) in [7, 11) is 1.51. The van der Waals surface area contributed by atoms with E-state index in [1.165, 1.54) is 30.3 Å². The van der Waals surface area contributed by atoms with Crippen LogP contribution in [-0.2, 0) is 0 Å². The van der Waals surface area contributed by atoms with Crippen LogP contribution in [0.15, 0.2) is 54.9 Å². The number of carboxylic acid groups (broad SMARTS) is 1. The molecule has 2 aromatic heterocycles. The van der Waals surface area contributed by atoms with E-state index in [0.29, 0.717) is 39.1 Å². The molecule has 0 saturated carbocycles. The van der Waals surface area contributed by atoms with E-state index in [9.17, 15) is 14.7 Å². The molecule has 1 atom stereocenters. The minimum absolute atomic E-state index is 0.0899. The minimum Gasteiger partial charge on any atom is -0.495 e. The molecule has 0 unspecified atom stereocenters. The predicted molar refractivity (Wildman–Crippen MR) is 151 cm³/mol. The number of fused-ring (bicyclic) bond motifs is 1. The van der Waals surface area contributed by atoms with Crippen LogP contribution in [0.2, 0.25) is 15.1 Å². The Labute approximate surface area is 242 Å². The van der Waals surface area contributed by atoms with Gasteiger partial charge in [0.25, 0.3) is 5.91 Å². The van der Waals surface area contributed by atoms with Gasteiger partial charge in [0, 0.05) is 12.6 Å². The second-order valence-electron chi connectivity index (χ2n) is 8.84. The van der Waals surface area contributed by atoms with Crippen LogP contribution in [0.25, 0.3) is 16.7 Å². The van der Waals surface area contributed by atoms with Crippen LogP contribution in [0.1, 0.15) is 43.8 Å². The van der Waals surface area contributed by atoms with E-state index in [1.807, 2.05) is 0 Å². The largest absolute Gasteiger partial charge is 0.495 e. The highest BCUT2D eigenvalue weighted by atomic mass is 35.5. The van der Waals surface area contributed by atoms with Gasteiger partial charge in [0.05, 0.1) is 55.9 Å². The smallest absolute Gasteiger partial charge is 0.335 e. The topological polar surface area (TPSA) is 135 Å². The van der Waals surface area contributed by atoms with Crippen molar-refractivity contribution >= 4 is 57.7 Å². The van der Waals surface area contributed by atoms with Crippen molar-refractivity contribution < 1.29 is 19.4 Å². The van der Waals surface area contributed by atoms with Gasteiger partial charge in [0.2, 0.25) is 0 Å². The summed E-state index contributed by atoms with van der Waals surface area (Å²) < 4.78 is 6.81. The summed E-state index contributed by atoms with van der Waals surface area (Å²) in [6.07, 6.45) is 1.52. The zero-order chi connectivity index (χ0) is 28.6. The highest BCUT2D eigenvalue weighted by Gasteiger charge is 2.23. The second-order valence-corrected chi connectivity index (χ2v) is 10.1. The second kappa shape index (κ2) is 11.2. The van der Waals surface area contributed by atoms with Crippen LogP contribution in [0.3, 0.4) is 0 Å². The van der Waals surface area contributed by atoms with Gasteiger partial charge < -0.3 is 20.1 Å². The molecule has 3 N–H and O–H groups in total. The third-order valence-electron chi connectivity index (χ3n) is 6.26. The lowest BCUT2D eigenvalue weighted by Gasteiger charge is -2.17. The van der Waals surface area contributed by atoms with Crippen molar-refractivity contribution in [3.05, 3.63) is 98.3 Å². The van der Waals surface area contributed by atoms with Crippen LogP contribution in [0.4, 0.5) is 0 Å². The third-order valence-corrected chi connectivity index (χ3v) is 7.15. The van der Waals surface area contributed by atoms with Gasteiger partial charge >= 0.3 is 5.97 Å². The molecular weight excluding hydrogens is 579 g/mol. The van der Waals surface area contributed by atoms with Gasteiger partial charge in [-0.15, -0.1) is 0 Å². The number of imidazole rings is 1. The summed E-state index contributed by atoms with van der Waals surface area (Å²) in [4.78, 5) is 36.7. The molecule has 13 heteroatoms. The number of amides is 1. The Morgan fingerprint density at radius 3 is 2.38 bits per heavy atom. The van der Waals surface area contributed by atoms with E-state index in [4.69, 9.17) is 44.5 Å². The number of aromatic amines is 1. The molecule has 0 fully saturated rings. The fraction of sp³-hybridized carbons (Fsp3) is 0.148. The van der Waals surface area contributed by atoms with Crippen LogP contribution < -0.4 is 10.1 Å². The minimum atomic E-state index is -1.05. The average Bonchev–Trinajstić information content (AvgIpc) is 3.53. The molecule has 204 valence electrons.